The van der Waals surface area contributed by atoms with E-state index >= 15 is 0 Å². The van der Waals surface area contributed by atoms with Gasteiger partial charge in [-0.3, -0.25) is 4.98 Å². The van der Waals surface area contributed by atoms with Crippen molar-refractivity contribution in [2.75, 3.05) is 5.32 Å². The molecule has 2 aromatic rings. The molecule has 0 radical (unpaired) electrons. The summed E-state index contributed by atoms with van der Waals surface area (Å²) in [5, 5.41) is 12.6. The maximum absolute atomic E-state index is 10.7. The van der Waals surface area contributed by atoms with Crippen molar-refractivity contribution < 1.29 is 9.90 Å². The fourth-order valence-corrected chi connectivity index (χ4v) is 1.80. The van der Waals surface area contributed by atoms with Gasteiger partial charge in [0, 0.05) is 6.20 Å². The molecule has 0 saturated carbocycles. The van der Waals surface area contributed by atoms with Crippen molar-refractivity contribution in [2.24, 2.45) is 0 Å². The molecule has 1 heterocycles. The number of hydrogen-bond acceptors (Lipinski definition) is 3. The van der Waals surface area contributed by atoms with E-state index in [1.165, 1.54) is 12.3 Å². The molecule has 2 N–H and O–H groups in total. The van der Waals surface area contributed by atoms with Crippen LogP contribution in [0.3, 0.4) is 0 Å². The minimum atomic E-state index is -0.978. The monoisotopic (exact) mass is 276 g/mol. The first-order chi connectivity index (χ1) is 9.06. The Bertz CT molecular complexity index is 597. The van der Waals surface area contributed by atoms with Gasteiger partial charge >= 0.3 is 5.97 Å². The van der Waals surface area contributed by atoms with Gasteiger partial charge in [-0.15, -0.1) is 0 Å². The zero-order valence-electron chi connectivity index (χ0n) is 10.4. The van der Waals surface area contributed by atoms with Crippen LogP contribution in [-0.4, -0.2) is 16.1 Å². The number of hydrogen-bond donors (Lipinski definition) is 2. The molecular weight excluding hydrogens is 264 g/mol. The summed E-state index contributed by atoms with van der Waals surface area (Å²) in [6.45, 7) is 2.48. The number of pyridine rings is 1. The van der Waals surface area contributed by atoms with E-state index in [9.17, 15) is 4.79 Å². The lowest BCUT2D eigenvalue weighted by molar-refractivity contribution is 0.0696. The Morgan fingerprint density at radius 2 is 2.16 bits per heavy atom. The van der Waals surface area contributed by atoms with Crippen LogP contribution in [0.4, 0.5) is 5.69 Å². The summed E-state index contributed by atoms with van der Waals surface area (Å²) in [5.41, 5.74) is 2.88. The Morgan fingerprint density at radius 1 is 1.37 bits per heavy atom. The Morgan fingerprint density at radius 3 is 2.79 bits per heavy atom. The topological polar surface area (TPSA) is 62.2 Å². The van der Waals surface area contributed by atoms with E-state index in [0.29, 0.717) is 11.6 Å². The van der Waals surface area contributed by atoms with Gasteiger partial charge in [0.15, 0.2) is 0 Å². The predicted molar refractivity (Wildman–Crippen MR) is 74.7 cm³/mol. The van der Waals surface area contributed by atoms with Gasteiger partial charge < -0.3 is 10.4 Å². The number of carbonyl (C=O) groups is 1. The van der Waals surface area contributed by atoms with Crippen LogP contribution in [0.2, 0.25) is 5.02 Å². The minimum absolute atomic E-state index is 0.178. The highest BCUT2D eigenvalue weighted by atomic mass is 35.5. The lowest BCUT2D eigenvalue weighted by Gasteiger charge is -2.09. The van der Waals surface area contributed by atoms with Crippen molar-refractivity contribution >= 4 is 23.3 Å². The van der Waals surface area contributed by atoms with Crippen LogP contribution in [-0.2, 0) is 6.54 Å². The van der Waals surface area contributed by atoms with E-state index < -0.39 is 5.97 Å². The Hall–Kier alpha value is -2.07. The number of carboxylic acids is 1. The van der Waals surface area contributed by atoms with Gasteiger partial charge in [0.25, 0.3) is 0 Å². The van der Waals surface area contributed by atoms with Crippen LogP contribution in [0, 0.1) is 6.92 Å². The van der Waals surface area contributed by atoms with Gasteiger partial charge in [-0.25, -0.2) is 4.79 Å². The maximum atomic E-state index is 10.7. The number of nitrogens with zero attached hydrogens (tertiary/aromatic N) is 1. The molecule has 0 atom stereocenters. The average Bonchev–Trinajstić information content (AvgIpc) is 2.40. The number of halogens is 1. The Kier molecular flexibility index (Phi) is 4.02. The number of aromatic carboxylic acids is 1. The molecule has 2 rings (SSSR count). The molecule has 0 spiro atoms. The van der Waals surface area contributed by atoms with E-state index in [0.717, 1.165) is 16.9 Å². The zero-order chi connectivity index (χ0) is 13.8. The van der Waals surface area contributed by atoms with E-state index in [-0.39, 0.29) is 5.56 Å². The second-order valence-corrected chi connectivity index (χ2v) is 4.59. The van der Waals surface area contributed by atoms with Crippen LogP contribution in [0.25, 0.3) is 0 Å². The maximum Gasteiger partial charge on any atom is 0.337 e. The molecule has 0 fully saturated rings. The molecule has 0 unspecified atom stereocenters. The van der Waals surface area contributed by atoms with Crippen LogP contribution in [0.15, 0.2) is 36.5 Å². The molecule has 0 aliphatic carbocycles. The molecule has 4 nitrogen and oxygen atoms in total. The van der Waals surface area contributed by atoms with Crippen molar-refractivity contribution in [3.63, 3.8) is 0 Å². The molecule has 1 aromatic heterocycles. The number of anilines is 1. The van der Waals surface area contributed by atoms with Crippen molar-refractivity contribution in [3.05, 3.63) is 58.4 Å². The van der Waals surface area contributed by atoms with Crippen molar-refractivity contribution in [1.29, 1.82) is 0 Å². The first-order valence-corrected chi connectivity index (χ1v) is 6.12. The molecule has 98 valence electrons. The number of nitrogens with one attached hydrogen (secondary N) is 1. The number of aromatic nitrogens is 1. The van der Waals surface area contributed by atoms with Crippen molar-refractivity contribution in [1.82, 2.24) is 4.98 Å². The normalized spacial score (nSPS) is 10.2. The largest absolute Gasteiger partial charge is 0.478 e. The summed E-state index contributed by atoms with van der Waals surface area (Å²) >= 11 is 6.07. The van der Waals surface area contributed by atoms with E-state index in [2.05, 4.69) is 10.3 Å². The Labute approximate surface area is 116 Å². The lowest BCUT2D eigenvalue weighted by Crippen LogP contribution is -2.04. The third kappa shape index (κ3) is 3.45. The standard InChI is InChI=1S/C14H13ClN2O2/c1-9-2-5-12(15)13(6-9)17-8-11-4-3-10(7-16-11)14(18)19/h2-7,17H,8H2,1H3,(H,18,19). The fraction of sp³-hybridized carbons (Fsp3) is 0.143. The highest BCUT2D eigenvalue weighted by Crippen LogP contribution is 2.23. The van der Waals surface area contributed by atoms with Crippen molar-refractivity contribution in [2.45, 2.75) is 13.5 Å². The second kappa shape index (κ2) is 5.71. The fourth-order valence-electron chi connectivity index (χ4n) is 1.62. The van der Waals surface area contributed by atoms with Gasteiger partial charge in [-0.05, 0) is 36.8 Å². The first-order valence-electron chi connectivity index (χ1n) is 5.74. The predicted octanol–water partition coefficient (Wildman–Crippen LogP) is 3.35. The van der Waals surface area contributed by atoms with Crippen LogP contribution >= 0.6 is 11.6 Å². The van der Waals surface area contributed by atoms with Gasteiger partial charge in [0.05, 0.1) is 28.5 Å². The number of carboxylic acid groups (broad SMARTS) is 1. The average molecular weight is 277 g/mol. The highest BCUT2D eigenvalue weighted by Gasteiger charge is 2.04. The van der Waals surface area contributed by atoms with Gasteiger partial charge in [0.1, 0.15) is 0 Å². The summed E-state index contributed by atoms with van der Waals surface area (Å²) in [4.78, 5) is 14.8. The number of rotatable bonds is 4. The summed E-state index contributed by atoms with van der Waals surface area (Å²) in [6.07, 6.45) is 1.34. The van der Waals surface area contributed by atoms with Crippen LogP contribution < -0.4 is 5.32 Å². The SMILES string of the molecule is Cc1ccc(Cl)c(NCc2ccc(C(=O)O)cn2)c1. The molecule has 1 aromatic carbocycles. The molecule has 5 heteroatoms. The second-order valence-electron chi connectivity index (χ2n) is 4.18. The number of aryl methyl sites for hydroxylation is 1. The molecule has 0 aliphatic heterocycles. The van der Waals surface area contributed by atoms with E-state index in [1.807, 2.05) is 25.1 Å². The van der Waals surface area contributed by atoms with Gasteiger partial charge in [0.2, 0.25) is 0 Å². The third-order valence-corrected chi connectivity index (χ3v) is 2.98. The molecule has 0 amide bonds. The molecule has 0 aliphatic rings. The summed E-state index contributed by atoms with van der Waals surface area (Å²) in [5.74, 6) is -0.978. The first kappa shape index (κ1) is 13.4. The summed E-state index contributed by atoms with van der Waals surface area (Å²) in [6, 6.07) is 8.94. The van der Waals surface area contributed by atoms with E-state index in [1.54, 1.807) is 6.07 Å². The smallest absolute Gasteiger partial charge is 0.337 e. The van der Waals surface area contributed by atoms with Gasteiger partial charge in [-0.2, -0.15) is 0 Å². The summed E-state index contributed by atoms with van der Waals surface area (Å²) in [7, 11) is 0. The molecular formula is C14H13ClN2O2. The van der Waals surface area contributed by atoms with Gasteiger partial charge in [-0.1, -0.05) is 17.7 Å². The lowest BCUT2D eigenvalue weighted by atomic mass is 10.2. The molecule has 0 saturated heterocycles. The van der Waals surface area contributed by atoms with E-state index in [4.69, 9.17) is 16.7 Å². The van der Waals surface area contributed by atoms with Crippen LogP contribution in [0.1, 0.15) is 21.6 Å². The quantitative estimate of drug-likeness (QED) is 0.899. The number of benzene rings is 1. The summed E-state index contributed by atoms with van der Waals surface area (Å²) < 4.78 is 0. The molecule has 19 heavy (non-hydrogen) atoms. The van der Waals surface area contributed by atoms with Crippen LogP contribution in [0.5, 0.6) is 0 Å². The van der Waals surface area contributed by atoms with Crippen molar-refractivity contribution in [3.8, 4) is 0 Å². The Balaban J connectivity index is 2.06. The molecule has 0 bridgehead atoms. The third-order valence-electron chi connectivity index (χ3n) is 2.65. The zero-order valence-corrected chi connectivity index (χ0v) is 11.1. The minimum Gasteiger partial charge on any atom is -0.478 e. The highest BCUT2D eigenvalue weighted by molar-refractivity contribution is 6.33.